The topological polar surface area (TPSA) is 71.1 Å². The van der Waals surface area contributed by atoms with Gasteiger partial charge in [0.05, 0.1) is 17.9 Å². The van der Waals surface area contributed by atoms with Gasteiger partial charge in [-0.25, -0.2) is 9.59 Å². The first kappa shape index (κ1) is 15.7. The molecule has 0 N–H and O–H groups in total. The second-order valence-corrected chi connectivity index (χ2v) is 5.29. The molecule has 0 spiro atoms. The highest BCUT2D eigenvalue weighted by Gasteiger charge is 2.30. The van der Waals surface area contributed by atoms with Gasteiger partial charge in [-0.3, -0.25) is 0 Å². The van der Waals surface area contributed by atoms with E-state index in [1.807, 2.05) is 6.07 Å². The van der Waals surface area contributed by atoms with Crippen molar-refractivity contribution in [3.05, 3.63) is 35.9 Å². The van der Waals surface area contributed by atoms with Crippen LogP contribution in [-0.2, 0) is 18.9 Å². The van der Waals surface area contributed by atoms with Crippen molar-refractivity contribution >= 4 is 23.9 Å². The lowest BCUT2D eigenvalue weighted by molar-refractivity contribution is -0.113. The Hall–Kier alpha value is -1.73. The summed E-state index contributed by atoms with van der Waals surface area (Å²) in [7, 11) is 0. The molecule has 1 heterocycles. The first-order valence-electron chi connectivity index (χ1n) is 6.51. The van der Waals surface area contributed by atoms with Crippen LogP contribution in [0.5, 0.6) is 0 Å². The molecular weight excluding hydrogens is 296 g/mol. The van der Waals surface area contributed by atoms with Crippen LogP contribution in [0.3, 0.4) is 0 Å². The van der Waals surface area contributed by atoms with E-state index in [9.17, 15) is 9.59 Å². The van der Waals surface area contributed by atoms with E-state index in [1.165, 1.54) is 11.8 Å². The Labute approximate surface area is 126 Å². The van der Waals surface area contributed by atoms with Gasteiger partial charge in [0.1, 0.15) is 12.0 Å². The van der Waals surface area contributed by atoms with Gasteiger partial charge >= 0.3 is 12.1 Å². The summed E-state index contributed by atoms with van der Waals surface area (Å²) in [5.74, 6) is 0.0707. The van der Waals surface area contributed by atoms with Crippen molar-refractivity contribution in [2.75, 3.05) is 19.0 Å². The molecule has 2 atom stereocenters. The Balaban J connectivity index is 1.71. The number of esters is 1. The summed E-state index contributed by atoms with van der Waals surface area (Å²) in [5.41, 5.74) is 0.136. The fraction of sp³-hybridized carbons (Fsp3) is 0.429. The second kappa shape index (κ2) is 7.90. The summed E-state index contributed by atoms with van der Waals surface area (Å²) in [4.78, 5) is 22.9. The summed E-state index contributed by atoms with van der Waals surface area (Å²) < 4.78 is 20.2. The molecule has 7 heteroatoms. The number of hydrogen-bond acceptors (Lipinski definition) is 7. The van der Waals surface area contributed by atoms with Gasteiger partial charge in [-0.1, -0.05) is 18.2 Å². The van der Waals surface area contributed by atoms with Crippen molar-refractivity contribution < 1.29 is 28.5 Å². The van der Waals surface area contributed by atoms with Crippen LogP contribution in [0, 0.1) is 0 Å². The summed E-state index contributed by atoms with van der Waals surface area (Å²) in [5, 5.41) is 0. The van der Waals surface area contributed by atoms with Crippen LogP contribution >= 0.6 is 11.8 Å². The maximum atomic E-state index is 11.8. The molecule has 114 valence electrons. The van der Waals surface area contributed by atoms with Crippen molar-refractivity contribution in [3.63, 3.8) is 0 Å². The molecule has 1 aromatic carbocycles. The lowest BCUT2D eigenvalue weighted by atomic mass is 10.2. The lowest BCUT2D eigenvalue weighted by Gasteiger charge is -2.13. The van der Waals surface area contributed by atoms with Gasteiger partial charge in [0.15, 0.2) is 0 Å². The van der Waals surface area contributed by atoms with Crippen molar-refractivity contribution in [1.29, 1.82) is 0 Å². The fourth-order valence-electron chi connectivity index (χ4n) is 1.64. The normalized spacial score (nSPS) is 20.8. The first-order chi connectivity index (χ1) is 10.2. The van der Waals surface area contributed by atoms with Crippen LogP contribution in [0.15, 0.2) is 30.3 Å². The van der Waals surface area contributed by atoms with E-state index in [0.717, 1.165) is 0 Å². The van der Waals surface area contributed by atoms with Crippen molar-refractivity contribution in [1.82, 2.24) is 0 Å². The third-order valence-corrected chi connectivity index (χ3v) is 3.66. The maximum absolute atomic E-state index is 11.8. The third kappa shape index (κ3) is 4.95. The quantitative estimate of drug-likeness (QED) is 0.773. The molecule has 0 aromatic heterocycles. The van der Waals surface area contributed by atoms with E-state index < -0.39 is 18.4 Å². The second-order valence-electron chi connectivity index (χ2n) is 4.09. The Kier molecular flexibility index (Phi) is 5.89. The molecule has 1 aromatic rings. The predicted molar refractivity (Wildman–Crippen MR) is 76.0 cm³/mol. The number of benzene rings is 1. The van der Waals surface area contributed by atoms with E-state index >= 15 is 0 Å². The van der Waals surface area contributed by atoms with Gasteiger partial charge in [0.2, 0.25) is 6.29 Å². The minimum atomic E-state index is -0.759. The molecule has 1 fully saturated rings. The zero-order valence-corrected chi connectivity index (χ0v) is 12.3. The SMILES string of the molecule is CCOC(=O)OC1CSC(COC(=O)c2ccccc2)O1. The summed E-state index contributed by atoms with van der Waals surface area (Å²) in [6.07, 6.45) is -1.43. The fourth-order valence-corrected chi connectivity index (χ4v) is 2.53. The molecule has 6 nitrogen and oxygen atoms in total. The van der Waals surface area contributed by atoms with E-state index in [2.05, 4.69) is 4.74 Å². The molecule has 1 saturated heterocycles. The lowest BCUT2D eigenvalue weighted by Crippen LogP contribution is -2.23. The van der Waals surface area contributed by atoms with Crippen molar-refractivity contribution in [2.24, 2.45) is 0 Å². The number of carbonyl (C=O) groups excluding carboxylic acids is 2. The highest BCUT2D eigenvalue weighted by molar-refractivity contribution is 8.00. The smallest absolute Gasteiger partial charge is 0.458 e. The first-order valence-corrected chi connectivity index (χ1v) is 7.56. The standard InChI is InChI=1S/C14H16O6S/c1-2-17-14(16)20-11-9-21-12(19-11)8-18-13(15)10-6-4-3-5-7-10/h3-7,11-12H,2,8-9H2,1H3. The van der Waals surface area contributed by atoms with Crippen LogP contribution < -0.4 is 0 Å². The Morgan fingerprint density at radius 3 is 2.76 bits per heavy atom. The van der Waals surface area contributed by atoms with E-state index in [4.69, 9.17) is 14.2 Å². The average molecular weight is 312 g/mol. The molecule has 0 saturated carbocycles. The molecule has 2 unspecified atom stereocenters. The van der Waals surface area contributed by atoms with E-state index in [0.29, 0.717) is 11.3 Å². The Morgan fingerprint density at radius 2 is 2.05 bits per heavy atom. The summed E-state index contributed by atoms with van der Waals surface area (Å²) in [6.45, 7) is 2.04. The highest BCUT2D eigenvalue weighted by atomic mass is 32.2. The predicted octanol–water partition coefficient (Wildman–Crippen LogP) is 2.43. The van der Waals surface area contributed by atoms with Crippen LogP contribution in [-0.4, -0.2) is 42.8 Å². The minimum absolute atomic E-state index is 0.0983. The number of ether oxygens (including phenoxy) is 4. The number of carbonyl (C=O) groups is 2. The minimum Gasteiger partial charge on any atom is -0.458 e. The summed E-state index contributed by atoms with van der Waals surface area (Å²) in [6, 6.07) is 8.71. The van der Waals surface area contributed by atoms with Crippen molar-refractivity contribution in [2.45, 2.75) is 18.6 Å². The van der Waals surface area contributed by atoms with Gasteiger partial charge in [-0.2, -0.15) is 0 Å². The molecular formula is C14H16O6S. The molecule has 21 heavy (non-hydrogen) atoms. The number of rotatable bonds is 5. The monoisotopic (exact) mass is 312 g/mol. The Morgan fingerprint density at radius 1 is 1.29 bits per heavy atom. The molecule has 2 rings (SSSR count). The number of hydrogen-bond donors (Lipinski definition) is 0. The van der Waals surface area contributed by atoms with Crippen LogP contribution in [0.25, 0.3) is 0 Å². The van der Waals surface area contributed by atoms with Gasteiger partial charge in [-0.15, -0.1) is 11.8 Å². The zero-order valence-electron chi connectivity index (χ0n) is 11.5. The largest absolute Gasteiger partial charge is 0.510 e. The van der Waals surface area contributed by atoms with Crippen LogP contribution in [0.2, 0.25) is 0 Å². The van der Waals surface area contributed by atoms with E-state index in [1.54, 1.807) is 31.2 Å². The van der Waals surface area contributed by atoms with Crippen LogP contribution in [0.1, 0.15) is 17.3 Å². The van der Waals surface area contributed by atoms with Crippen LogP contribution in [0.4, 0.5) is 4.79 Å². The highest BCUT2D eigenvalue weighted by Crippen LogP contribution is 2.26. The number of thioether (sulfide) groups is 1. The van der Waals surface area contributed by atoms with Gasteiger partial charge in [-0.05, 0) is 19.1 Å². The molecule has 0 aliphatic carbocycles. The van der Waals surface area contributed by atoms with Gasteiger partial charge in [0, 0.05) is 0 Å². The third-order valence-electron chi connectivity index (χ3n) is 2.57. The maximum Gasteiger partial charge on any atom is 0.510 e. The summed E-state index contributed by atoms with van der Waals surface area (Å²) >= 11 is 1.42. The van der Waals surface area contributed by atoms with Gasteiger partial charge in [0.25, 0.3) is 0 Å². The molecule has 0 amide bonds. The zero-order chi connectivity index (χ0) is 15.1. The molecule has 1 aliphatic heterocycles. The average Bonchev–Trinajstić information content (AvgIpc) is 2.93. The van der Waals surface area contributed by atoms with E-state index in [-0.39, 0.29) is 18.6 Å². The Bertz CT molecular complexity index is 478. The molecule has 0 bridgehead atoms. The molecule has 1 aliphatic rings. The molecule has 0 radical (unpaired) electrons. The van der Waals surface area contributed by atoms with Crippen molar-refractivity contribution in [3.8, 4) is 0 Å². The van der Waals surface area contributed by atoms with Gasteiger partial charge < -0.3 is 18.9 Å².